The third kappa shape index (κ3) is 3.46. The topological polar surface area (TPSA) is 22.0 Å². The van der Waals surface area contributed by atoms with Crippen LogP contribution in [0.3, 0.4) is 0 Å². The molecule has 0 amide bonds. The summed E-state index contributed by atoms with van der Waals surface area (Å²) in [5.41, 5.74) is -0.167. The van der Waals surface area contributed by atoms with Crippen LogP contribution in [0.1, 0.15) is 0 Å². The van der Waals surface area contributed by atoms with E-state index in [-0.39, 0.29) is 11.4 Å². The van der Waals surface area contributed by atoms with Gasteiger partial charge in [-0.2, -0.15) is 0 Å². The summed E-state index contributed by atoms with van der Waals surface area (Å²) in [6.07, 6.45) is 1.24. The van der Waals surface area contributed by atoms with Gasteiger partial charge in [-0.3, -0.25) is 4.79 Å². The molecule has 0 aliphatic rings. The molecule has 0 radical (unpaired) electrons. The van der Waals surface area contributed by atoms with E-state index in [2.05, 4.69) is 0 Å². The maximum atomic E-state index is 12.9. The highest BCUT2D eigenvalue weighted by atomic mass is 32.2. The van der Waals surface area contributed by atoms with Gasteiger partial charge in [0.2, 0.25) is 0 Å². The molecule has 2 rings (SSSR count). The van der Waals surface area contributed by atoms with E-state index in [0.29, 0.717) is 6.54 Å². The minimum absolute atomic E-state index is 0.167. The molecule has 0 bridgehead atoms. The van der Waals surface area contributed by atoms with Gasteiger partial charge in [-0.25, -0.2) is 4.39 Å². The molecule has 0 saturated heterocycles. The first-order valence-corrected chi connectivity index (χ1v) is 6.28. The number of thioether (sulfide) groups is 1. The number of hydrogen-bond acceptors (Lipinski definition) is 2. The van der Waals surface area contributed by atoms with Crippen LogP contribution in [0.2, 0.25) is 0 Å². The van der Waals surface area contributed by atoms with Gasteiger partial charge in [0.1, 0.15) is 5.82 Å². The minimum Gasteiger partial charge on any atom is -0.312 e. The van der Waals surface area contributed by atoms with Gasteiger partial charge in [-0.15, -0.1) is 11.8 Å². The molecule has 0 aliphatic carbocycles. The van der Waals surface area contributed by atoms with Crippen LogP contribution in [-0.2, 0) is 6.54 Å². The Hall–Kier alpha value is -1.55. The van der Waals surface area contributed by atoms with Gasteiger partial charge < -0.3 is 4.57 Å². The Bertz CT molecular complexity index is 539. The van der Waals surface area contributed by atoms with E-state index in [1.54, 1.807) is 11.8 Å². The van der Waals surface area contributed by atoms with Crippen molar-refractivity contribution in [2.45, 2.75) is 11.4 Å². The molecule has 0 saturated carbocycles. The molecule has 88 valence electrons. The van der Waals surface area contributed by atoms with E-state index < -0.39 is 0 Å². The molecule has 2 nitrogen and oxygen atoms in total. The molecule has 0 aliphatic heterocycles. The number of nitrogens with zero attached hydrogens (tertiary/aromatic N) is 1. The predicted molar refractivity (Wildman–Crippen MR) is 67.8 cm³/mol. The fourth-order valence-corrected chi connectivity index (χ4v) is 2.33. The average Bonchev–Trinajstić information content (AvgIpc) is 2.35. The molecule has 1 aromatic heterocycles. The largest absolute Gasteiger partial charge is 0.312 e. The second-order valence-corrected chi connectivity index (χ2v) is 4.71. The van der Waals surface area contributed by atoms with Crippen LogP contribution in [0.5, 0.6) is 0 Å². The summed E-state index contributed by atoms with van der Waals surface area (Å²) >= 11 is 1.65. The monoisotopic (exact) mass is 249 g/mol. The number of benzene rings is 1. The third-order valence-electron chi connectivity index (χ3n) is 2.29. The third-order valence-corrected chi connectivity index (χ3v) is 3.28. The summed E-state index contributed by atoms with van der Waals surface area (Å²) in [6, 6.07) is 12.4. The Morgan fingerprint density at radius 2 is 1.88 bits per heavy atom. The summed E-state index contributed by atoms with van der Waals surface area (Å²) in [4.78, 5) is 12.6. The molecule has 1 aromatic carbocycles. The van der Waals surface area contributed by atoms with Crippen molar-refractivity contribution in [3.63, 3.8) is 0 Å². The molecule has 0 fully saturated rings. The molecular formula is C13H12FNOS. The van der Waals surface area contributed by atoms with E-state index in [0.717, 1.165) is 10.6 Å². The number of aryl methyl sites for hydroxylation is 1. The van der Waals surface area contributed by atoms with Crippen molar-refractivity contribution in [2.75, 3.05) is 5.75 Å². The molecule has 0 unspecified atom stereocenters. The zero-order valence-electron chi connectivity index (χ0n) is 9.17. The number of aromatic nitrogens is 1. The maximum absolute atomic E-state index is 12.9. The lowest BCUT2D eigenvalue weighted by Gasteiger charge is -2.05. The number of halogens is 1. The quantitative estimate of drug-likeness (QED) is 0.777. The number of hydrogen-bond donors (Lipinski definition) is 0. The standard InChI is InChI=1S/C13H12FNOS/c14-11-6-7-13(16)15(10-11)8-9-17-12-4-2-1-3-5-12/h1-7,10H,8-9H2. The Morgan fingerprint density at radius 1 is 1.12 bits per heavy atom. The van der Waals surface area contributed by atoms with E-state index in [9.17, 15) is 9.18 Å². The molecular weight excluding hydrogens is 237 g/mol. The van der Waals surface area contributed by atoms with Crippen LogP contribution in [0, 0.1) is 5.82 Å². The molecule has 4 heteroatoms. The summed E-state index contributed by atoms with van der Waals surface area (Å²) in [6.45, 7) is 0.510. The first kappa shape index (κ1) is 11.9. The van der Waals surface area contributed by atoms with Crippen LogP contribution >= 0.6 is 11.8 Å². The van der Waals surface area contributed by atoms with Crippen molar-refractivity contribution in [1.82, 2.24) is 4.57 Å². The van der Waals surface area contributed by atoms with E-state index in [1.807, 2.05) is 30.3 Å². The summed E-state index contributed by atoms with van der Waals surface area (Å²) < 4.78 is 14.3. The molecule has 0 spiro atoms. The van der Waals surface area contributed by atoms with E-state index >= 15 is 0 Å². The first-order valence-electron chi connectivity index (χ1n) is 5.29. The normalized spacial score (nSPS) is 10.4. The van der Waals surface area contributed by atoms with E-state index in [4.69, 9.17) is 0 Å². The molecule has 2 aromatic rings. The zero-order valence-corrected chi connectivity index (χ0v) is 9.99. The van der Waals surface area contributed by atoms with Gasteiger partial charge in [0.15, 0.2) is 0 Å². The minimum atomic E-state index is -0.380. The smallest absolute Gasteiger partial charge is 0.250 e. The van der Waals surface area contributed by atoms with Crippen molar-refractivity contribution in [3.05, 3.63) is 64.8 Å². The maximum Gasteiger partial charge on any atom is 0.250 e. The summed E-state index contributed by atoms with van der Waals surface area (Å²) in [5, 5.41) is 0. The van der Waals surface area contributed by atoms with Gasteiger partial charge in [-0.05, 0) is 18.2 Å². The summed E-state index contributed by atoms with van der Waals surface area (Å²) in [5.74, 6) is 0.363. The lowest BCUT2D eigenvalue weighted by Crippen LogP contribution is -2.19. The summed E-state index contributed by atoms with van der Waals surface area (Å²) in [7, 11) is 0. The SMILES string of the molecule is O=c1ccc(F)cn1CCSc1ccccc1. The van der Waals surface area contributed by atoms with Gasteiger partial charge >= 0.3 is 0 Å². The van der Waals surface area contributed by atoms with Crippen molar-refractivity contribution in [1.29, 1.82) is 0 Å². The Morgan fingerprint density at radius 3 is 2.65 bits per heavy atom. The molecule has 1 heterocycles. The van der Waals surface area contributed by atoms with Crippen molar-refractivity contribution < 1.29 is 4.39 Å². The van der Waals surface area contributed by atoms with E-state index in [1.165, 1.54) is 22.9 Å². The second-order valence-electron chi connectivity index (χ2n) is 3.54. The van der Waals surface area contributed by atoms with Crippen molar-refractivity contribution in [3.8, 4) is 0 Å². The lowest BCUT2D eigenvalue weighted by molar-refractivity contribution is 0.592. The number of rotatable bonds is 4. The molecule has 17 heavy (non-hydrogen) atoms. The second kappa shape index (κ2) is 5.68. The predicted octanol–water partition coefficient (Wildman–Crippen LogP) is 2.78. The van der Waals surface area contributed by atoms with Crippen molar-refractivity contribution >= 4 is 11.8 Å². The zero-order chi connectivity index (χ0) is 12.1. The van der Waals surface area contributed by atoms with Gasteiger partial charge in [-0.1, -0.05) is 18.2 Å². The van der Waals surface area contributed by atoms with Gasteiger partial charge in [0, 0.05) is 29.5 Å². The highest BCUT2D eigenvalue weighted by Crippen LogP contribution is 2.16. The fraction of sp³-hybridized carbons (Fsp3) is 0.154. The Balaban J connectivity index is 1.94. The lowest BCUT2D eigenvalue weighted by atomic mass is 10.4. The molecule has 0 N–H and O–H groups in total. The highest BCUT2D eigenvalue weighted by Gasteiger charge is 1.98. The highest BCUT2D eigenvalue weighted by molar-refractivity contribution is 7.99. The van der Waals surface area contributed by atoms with Gasteiger partial charge in [0.05, 0.1) is 0 Å². The fourth-order valence-electron chi connectivity index (χ4n) is 1.46. The van der Waals surface area contributed by atoms with Crippen LogP contribution in [0.4, 0.5) is 4.39 Å². The van der Waals surface area contributed by atoms with Crippen molar-refractivity contribution in [2.24, 2.45) is 0 Å². The average molecular weight is 249 g/mol. The Labute approximate surface area is 103 Å². The van der Waals surface area contributed by atoms with Crippen LogP contribution < -0.4 is 5.56 Å². The number of pyridine rings is 1. The first-order chi connectivity index (χ1) is 8.25. The van der Waals surface area contributed by atoms with Crippen LogP contribution in [0.25, 0.3) is 0 Å². The van der Waals surface area contributed by atoms with Crippen LogP contribution in [0.15, 0.2) is 58.4 Å². The molecule has 0 atom stereocenters. The van der Waals surface area contributed by atoms with Crippen LogP contribution in [-0.4, -0.2) is 10.3 Å². The Kier molecular flexibility index (Phi) is 3.98. The van der Waals surface area contributed by atoms with Gasteiger partial charge in [0.25, 0.3) is 5.56 Å².